The highest BCUT2D eigenvalue weighted by molar-refractivity contribution is 5.91. The van der Waals surface area contributed by atoms with E-state index in [0.717, 1.165) is 0 Å². The monoisotopic (exact) mass is 196 g/mol. The number of aromatic hydroxyl groups is 1. The lowest BCUT2D eigenvalue weighted by molar-refractivity contribution is 0.480. The molecule has 1 rings (SSSR count). The van der Waals surface area contributed by atoms with E-state index in [1.54, 1.807) is 27.2 Å². The van der Waals surface area contributed by atoms with Gasteiger partial charge in [0.2, 0.25) is 0 Å². The van der Waals surface area contributed by atoms with Gasteiger partial charge < -0.3 is 26.8 Å². The van der Waals surface area contributed by atoms with Crippen molar-refractivity contribution in [1.29, 1.82) is 0 Å². The predicted octanol–water partition coefficient (Wildman–Crippen LogP) is 1.10. The van der Waals surface area contributed by atoms with E-state index in [9.17, 15) is 5.11 Å². The zero-order valence-corrected chi connectivity index (χ0v) is 8.60. The van der Waals surface area contributed by atoms with E-state index in [2.05, 4.69) is 16.0 Å². The topological polar surface area (TPSA) is 82.3 Å². The Labute approximate surface area is 83.3 Å². The minimum Gasteiger partial charge on any atom is -0.504 e. The first-order valence-corrected chi connectivity index (χ1v) is 4.34. The van der Waals surface area contributed by atoms with Crippen LogP contribution in [0.25, 0.3) is 0 Å². The lowest BCUT2D eigenvalue weighted by atomic mass is 10.1. The number of hydrogen-bond acceptors (Lipinski definition) is 5. The third-order valence-electron chi connectivity index (χ3n) is 2.10. The number of phenolic OH excluding ortho intramolecular Hbond substituents is 1. The first-order chi connectivity index (χ1) is 6.65. The van der Waals surface area contributed by atoms with E-state index < -0.39 is 0 Å². The van der Waals surface area contributed by atoms with Crippen molar-refractivity contribution < 1.29 is 5.11 Å². The van der Waals surface area contributed by atoms with E-state index in [1.807, 2.05) is 0 Å². The van der Waals surface area contributed by atoms with Crippen LogP contribution in [0.4, 0.5) is 22.7 Å². The Morgan fingerprint density at radius 1 is 1.07 bits per heavy atom. The summed E-state index contributed by atoms with van der Waals surface area (Å²) in [6.07, 6.45) is 0. The van der Waals surface area contributed by atoms with Crippen molar-refractivity contribution in [3.63, 3.8) is 0 Å². The van der Waals surface area contributed by atoms with Crippen LogP contribution in [-0.4, -0.2) is 26.2 Å². The smallest absolute Gasteiger partial charge is 0.164 e. The zero-order chi connectivity index (χ0) is 10.7. The number of hydrogen-bond donors (Lipinski definition) is 5. The van der Waals surface area contributed by atoms with Crippen molar-refractivity contribution in [3.05, 3.63) is 6.07 Å². The molecule has 0 saturated carbocycles. The van der Waals surface area contributed by atoms with Gasteiger partial charge in [-0.25, -0.2) is 0 Å². The molecule has 0 spiro atoms. The van der Waals surface area contributed by atoms with Crippen molar-refractivity contribution >= 4 is 22.7 Å². The number of phenols is 1. The molecule has 14 heavy (non-hydrogen) atoms. The third-order valence-corrected chi connectivity index (χ3v) is 2.10. The van der Waals surface area contributed by atoms with E-state index in [0.29, 0.717) is 22.7 Å². The van der Waals surface area contributed by atoms with Gasteiger partial charge in [0.1, 0.15) is 5.69 Å². The molecular weight excluding hydrogens is 180 g/mol. The van der Waals surface area contributed by atoms with Crippen molar-refractivity contribution in [3.8, 4) is 5.75 Å². The van der Waals surface area contributed by atoms with E-state index >= 15 is 0 Å². The van der Waals surface area contributed by atoms with Crippen LogP contribution in [0.3, 0.4) is 0 Å². The van der Waals surface area contributed by atoms with Crippen LogP contribution in [0.1, 0.15) is 0 Å². The van der Waals surface area contributed by atoms with Gasteiger partial charge in [-0.1, -0.05) is 0 Å². The molecule has 0 fully saturated rings. The second-order valence-corrected chi connectivity index (χ2v) is 2.86. The Kier molecular flexibility index (Phi) is 2.91. The lowest BCUT2D eigenvalue weighted by Crippen LogP contribution is -2.03. The first-order valence-electron chi connectivity index (χ1n) is 4.34. The molecule has 0 saturated heterocycles. The van der Waals surface area contributed by atoms with Crippen molar-refractivity contribution in [2.75, 3.05) is 42.8 Å². The molecular formula is C9H16N4O. The fourth-order valence-corrected chi connectivity index (χ4v) is 1.40. The minimum absolute atomic E-state index is 0.161. The van der Waals surface area contributed by atoms with Crippen LogP contribution in [0.2, 0.25) is 0 Å². The summed E-state index contributed by atoms with van der Waals surface area (Å²) in [7, 11) is 5.22. The Bertz CT molecular complexity index is 338. The molecule has 0 aromatic heterocycles. The lowest BCUT2D eigenvalue weighted by Gasteiger charge is -2.16. The fraction of sp³-hybridized carbons (Fsp3) is 0.333. The summed E-state index contributed by atoms with van der Waals surface area (Å²) in [4.78, 5) is 0. The maximum absolute atomic E-state index is 9.80. The summed E-state index contributed by atoms with van der Waals surface area (Å²) in [6.45, 7) is 0. The van der Waals surface area contributed by atoms with Gasteiger partial charge in [-0.05, 0) is 6.07 Å². The van der Waals surface area contributed by atoms with Gasteiger partial charge in [0.15, 0.2) is 5.75 Å². The zero-order valence-electron chi connectivity index (χ0n) is 8.60. The molecule has 0 amide bonds. The molecule has 0 radical (unpaired) electrons. The summed E-state index contributed by atoms with van der Waals surface area (Å²) >= 11 is 0. The highest BCUT2D eigenvalue weighted by Crippen LogP contribution is 2.41. The maximum atomic E-state index is 9.80. The molecule has 0 atom stereocenters. The number of benzene rings is 1. The Morgan fingerprint density at radius 2 is 1.64 bits per heavy atom. The molecule has 6 N–H and O–H groups in total. The molecule has 1 aromatic rings. The van der Waals surface area contributed by atoms with Gasteiger partial charge >= 0.3 is 0 Å². The van der Waals surface area contributed by atoms with E-state index in [-0.39, 0.29) is 5.75 Å². The number of nitrogens with one attached hydrogen (secondary N) is 3. The summed E-state index contributed by atoms with van der Waals surface area (Å²) in [5, 5.41) is 18.5. The SMILES string of the molecule is CNc1cc(N)c(NC)c(NC)c1O. The maximum Gasteiger partial charge on any atom is 0.164 e. The first kappa shape index (κ1) is 10.3. The summed E-state index contributed by atoms with van der Waals surface area (Å²) in [5.41, 5.74) is 8.28. The summed E-state index contributed by atoms with van der Waals surface area (Å²) in [5.74, 6) is 0.161. The third kappa shape index (κ3) is 1.48. The van der Waals surface area contributed by atoms with Gasteiger partial charge in [-0.2, -0.15) is 0 Å². The van der Waals surface area contributed by atoms with Gasteiger partial charge in [-0.3, -0.25) is 0 Å². The highest BCUT2D eigenvalue weighted by atomic mass is 16.3. The van der Waals surface area contributed by atoms with E-state index in [4.69, 9.17) is 5.73 Å². The molecule has 0 unspecified atom stereocenters. The molecule has 1 aromatic carbocycles. The normalized spacial score (nSPS) is 9.64. The van der Waals surface area contributed by atoms with Gasteiger partial charge in [0, 0.05) is 21.1 Å². The van der Waals surface area contributed by atoms with Crippen LogP contribution < -0.4 is 21.7 Å². The number of rotatable bonds is 3. The standard InChI is InChI=1S/C9H16N4O/c1-11-6-4-5(10)7(12-2)8(13-3)9(6)14/h4,11-14H,10H2,1-3H3. The number of nitrogens with two attached hydrogens (primary N) is 1. The van der Waals surface area contributed by atoms with Gasteiger partial charge in [0.25, 0.3) is 0 Å². The largest absolute Gasteiger partial charge is 0.504 e. The molecule has 0 heterocycles. The predicted molar refractivity (Wildman–Crippen MR) is 61.2 cm³/mol. The molecule has 0 aliphatic heterocycles. The van der Waals surface area contributed by atoms with Crippen molar-refractivity contribution in [2.24, 2.45) is 0 Å². The molecule has 0 aliphatic carbocycles. The Balaban J connectivity index is 3.40. The second kappa shape index (κ2) is 3.95. The van der Waals surface area contributed by atoms with Gasteiger partial charge in [0.05, 0.1) is 17.1 Å². The van der Waals surface area contributed by atoms with Gasteiger partial charge in [-0.15, -0.1) is 0 Å². The fourth-order valence-electron chi connectivity index (χ4n) is 1.40. The Morgan fingerprint density at radius 3 is 2.07 bits per heavy atom. The highest BCUT2D eigenvalue weighted by Gasteiger charge is 2.13. The molecule has 5 heteroatoms. The van der Waals surface area contributed by atoms with Crippen LogP contribution in [0, 0.1) is 0 Å². The van der Waals surface area contributed by atoms with Crippen LogP contribution in [-0.2, 0) is 0 Å². The number of nitrogen functional groups attached to an aromatic ring is 1. The molecule has 78 valence electrons. The van der Waals surface area contributed by atoms with Crippen LogP contribution >= 0.6 is 0 Å². The Hall–Kier alpha value is -1.78. The average Bonchev–Trinajstić information content (AvgIpc) is 2.20. The molecule has 0 aliphatic rings. The van der Waals surface area contributed by atoms with E-state index in [1.165, 1.54) is 0 Å². The average molecular weight is 196 g/mol. The minimum atomic E-state index is 0.161. The van der Waals surface area contributed by atoms with Crippen LogP contribution in [0.15, 0.2) is 6.07 Å². The van der Waals surface area contributed by atoms with Crippen molar-refractivity contribution in [1.82, 2.24) is 0 Å². The van der Waals surface area contributed by atoms with Crippen LogP contribution in [0.5, 0.6) is 5.75 Å². The molecule has 5 nitrogen and oxygen atoms in total. The molecule has 0 bridgehead atoms. The summed E-state index contributed by atoms with van der Waals surface area (Å²) in [6, 6.07) is 1.68. The quantitative estimate of drug-likeness (QED) is 0.284. The summed E-state index contributed by atoms with van der Waals surface area (Å²) < 4.78 is 0. The van der Waals surface area contributed by atoms with Crippen molar-refractivity contribution in [2.45, 2.75) is 0 Å². The second-order valence-electron chi connectivity index (χ2n) is 2.86. The number of anilines is 4.